The number of amides is 1. The van der Waals surface area contributed by atoms with E-state index in [0.29, 0.717) is 0 Å². The number of hydrogen-bond acceptors (Lipinski definition) is 2. The predicted molar refractivity (Wildman–Crippen MR) is 58.8 cm³/mol. The Labute approximate surface area is 103 Å². The van der Waals surface area contributed by atoms with E-state index in [2.05, 4.69) is 0 Å². The number of aryl methyl sites for hydroxylation is 1. The smallest absolute Gasteiger partial charge is 0.379 e. The molecule has 1 unspecified atom stereocenters. The van der Waals surface area contributed by atoms with Crippen LogP contribution in [0.3, 0.4) is 0 Å². The van der Waals surface area contributed by atoms with E-state index in [1.807, 2.05) is 0 Å². The van der Waals surface area contributed by atoms with Gasteiger partial charge in [0.15, 0.2) is 6.10 Å². The number of nitrogens with zero attached hydrogens (tertiary/aromatic N) is 2. The Morgan fingerprint density at radius 1 is 1.50 bits per heavy atom. The van der Waals surface area contributed by atoms with Crippen molar-refractivity contribution in [2.24, 2.45) is 0 Å². The van der Waals surface area contributed by atoms with Crippen molar-refractivity contribution in [1.29, 1.82) is 0 Å². The Balaban J connectivity index is 2.62. The first-order valence-electron chi connectivity index (χ1n) is 5.32. The molecule has 0 bridgehead atoms. The maximum absolute atomic E-state index is 12.2. The lowest BCUT2D eigenvalue weighted by Gasteiger charge is -2.13. The van der Waals surface area contributed by atoms with Gasteiger partial charge in [0.05, 0.1) is 0 Å². The molecule has 1 amide bonds. The highest BCUT2D eigenvalue weighted by molar-refractivity contribution is 5.75. The normalized spacial score (nSPS) is 13.4. The van der Waals surface area contributed by atoms with Crippen molar-refractivity contribution >= 4 is 5.91 Å². The highest BCUT2D eigenvalue weighted by atomic mass is 19.4. The topological polar surface area (TPSA) is 45.5 Å². The lowest BCUT2D eigenvalue weighted by Crippen LogP contribution is -2.22. The SMILES string of the molecule is CN(C)C(=O)CCn1ccc(C(O)C(F)(F)F)c1. The summed E-state index contributed by atoms with van der Waals surface area (Å²) in [6.45, 7) is 0.279. The maximum Gasteiger partial charge on any atom is 0.418 e. The third-order valence-corrected chi connectivity index (χ3v) is 2.48. The molecule has 0 saturated carbocycles. The molecule has 1 rings (SSSR count). The molecule has 0 aliphatic carbocycles. The Morgan fingerprint density at radius 3 is 2.61 bits per heavy atom. The fraction of sp³-hybridized carbons (Fsp3) is 0.545. The van der Waals surface area contributed by atoms with Gasteiger partial charge >= 0.3 is 6.18 Å². The van der Waals surface area contributed by atoms with Crippen molar-refractivity contribution < 1.29 is 23.1 Å². The molecule has 1 atom stereocenters. The van der Waals surface area contributed by atoms with Crippen molar-refractivity contribution in [2.75, 3.05) is 14.1 Å². The van der Waals surface area contributed by atoms with Crippen LogP contribution in [0.25, 0.3) is 0 Å². The number of aliphatic hydroxyl groups excluding tert-OH is 1. The second-order valence-corrected chi connectivity index (χ2v) is 4.16. The first-order valence-corrected chi connectivity index (χ1v) is 5.32. The standard InChI is InChI=1S/C11H15F3N2O2/c1-15(2)9(17)4-6-16-5-3-8(7-16)10(18)11(12,13)14/h3,5,7,10,18H,4,6H2,1-2H3. The number of carbonyl (C=O) groups is 1. The van der Waals surface area contributed by atoms with Crippen molar-refractivity contribution in [3.63, 3.8) is 0 Å². The second-order valence-electron chi connectivity index (χ2n) is 4.16. The third kappa shape index (κ3) is 3.76. The summed E-state index contributed by atoms with van der Waals surface area (Å²) < 4.78 is 38.2. The number of carbonyl (C=O) groups excluding carboxylic acids is 1. The lowest BCUT2D eigenvalue weighted by atomic mass is 10.2. The molecule has 1 heterocycles. The van der Waals surface area contributed by atoms with Crippen molar-refractivity contribution in [1.82, 2.24) is 9.47 Å². The quantitative estimate of drug-likeness (QED) is 0.897. The average molecular weight is 264 g/mol. The molecule has 0 saturated heterocycles. The van der Waals surface area contributed by atoms with Gasteiger partial charge in [-0.15, -0.1) is 0 Å². The maximum atomic E-state index is 12.2. The van der Waals surface area contributed by atoms with Crippen LogP contribution in [0.4, 0.5) is 13.2 Å². The summed E-state index contributed by atoms with van der Waals surface area (Å²) in [5.74, 6) is -0.110. The van der Waals surface area contributed by atoms with E-state index in [0.717, 1.165) is 0 Å². The molecule has 0 radical (unpaired) electrons. The van der Waals surface area contributed by atoms with Crippen LogP contribution in [-0.2, 0) is 11.3 Å². The third-order valence-electron chi connectivity index (χ3n) is 2.48. The number of aliphatic hydroxyl groups is 1. The molecule has 1 aromatic rings. The Bertz CT molecular complexity index is 413. The van der Waals surface area contributed by atoms with Crippen LogP contribution in [0.5, 0.6) is 0 Å². The van der Waals surface area contributed by atoms with Crippen LogP contribution in [0.2, 0.25) is 0 Å². The number of aromatic nitrogens is 1. The van der Waals surface area contributed by atoms with E-state index >= 15 is 0 Å². The van der Waals surface area contributed by atoms with Crippen LogP contribution in [-0.4, -0.2) is 40.8 Å². The van der Waals surface area contributed by atoms with Gasteiger partial charge in [0.2, 0.25) is 5.91 Å². The van der Waals surface area contributed by atoms with Gasteiger partial charge in [0.25, 0.3) is 0 Å². The molecule has 4 nitrogen and oxygen atoms in total. The van der Waals surface area contributed by atoms with Crippen molar-refractivity contribution in [3.8, 4) is 0 Å². The van der Waals surface area contributed by atoms with Crippen molar-refractivity contribution in [2.45, 2.75) is 25.2 Å². The molecular formula is C11H15F3N2O2. The summed E-state index contributed by atoms with van der Waals surface area (Å²) in [7, 11) is 3.22. The molecule has 102 valence electrons. The summed E-state index contributed by atoms with van der Waals surface area (Å²) in [6, 6.07) is 1.19. The molecule has 0 aliphatic rings. The van der Waals surface area contributed by atoms with Gasteiger partial charge in [-0.05, 0) is 6.07 Å². The summed E-state index contributed by atoms with van der Waals surface area (Å²) in [4.78, 5) is 12.7. The Hall–Kier alpha value is -1.50. The molecule has 0 fully saturated rings. The molecule has 0 aliphatic heterocycles. The van der Waals surface area contributed by atoms with Gasteiger partial charge in [-0.25, -0.2) is 0 Å². The zero-order chi connectivity index (χ0) is 13.9. The van der Waals surface area contributed by atoms with Gasteiger partial charge in [0.1, 0.15) is 0 Å². The second kappa shape index (κ2) is 5.43. The fourth-order valence-electron chi connectivity index (χ4n) is 1.40. The number of rotatable bonds is 4. The van der Waals surface area contributed by atoms with Gasteiger partial charge in [-0.2, -0.15) is 13.2 Å². The van der Waals surface area contributed by atoms with Crippen molar-refractivity contribution in [3.05, 3.63) is 24.0 Å². The van der Waals surface area contributed by atoms with Crippen LogP contribution in [0.15, 0.2) is 18.5 Å². The minimum absolute atomic E-state index is 0.110. The summed E-state index contributed by atoms with van der Waals surface area (Å²) in [5, 5.41) is 9.02. The van der Waals surface area contributed by atoms with E-state index in [9.17, 15) is 18.0 Å². The molecule has 7 heteroatoms. The minimum Gasteiger partial charge on any atom is -0.379 e. The Morgan fingerprint density at radius 2 is 2.11 bits per heavy atom. The average Bonchev–Trinajstić information content (AvgIpc) is 2.71. The first kappa shape index (κ1) is 14.6. The fourth-order valence-corrected chi connectivity index (χ4v) is 1.40. The van der Waals surface area contributed by atoms with E-state index in [-0.39, 0.29) is 24.4 Å². The minimum atomic E-state index is -4.67. The van der Waals surface area contributed by atoms with E-state index in [1.165, 1.54) is 27.9 Å². The van der Waals surface area contributed by atoms with E-state index < -0.39 is 12.3 Å². The lowest BCUT2D eigenvalue weighted by molar-refractivity contribution is -0.206. The van der Waals surface area contributed by atoms with Gasteiger partial charge < -0.3 is 14.6 Å². The van der Waals surface area contributed by atoms with E-state index in [1.54, 1.807) is 14.1 Å². The Kier molecular flexibility index (Phi) is 4.39. The van der Waals surface area contributed by atoms with Crippen LogP contribution in [0, 0.1) is 0 Å². The highest BCUT2D eigenvalue weighted by Gasteiger charge is 2.39. The molecule has 0 aromatic carbocycles. The molecule has 0 spiro atoms. The summed E-state index contributed by atoms with van der Waals surface area (Å²) in [6.07, 6.45) is -4.35. The highest BCUT2D eigenvalue weighted by Crippen LogP contribution is 2.32. The van der Waals surface area contributed by atoms with Gasteiger partial charge in [-0.3, -0.25) is 4.79 Å². The van der Waals surface area contributed by atoms with Gasteiger partial charge in [0, 0.05) is 45.0 Å². The monoisotopic (exact) mass is 264 g/mol. The molecular weight excluding hydrogens is 249 g/mol. The predicted octanol–water partition coefficient (Wildman–Crippen LogP) is 1.56. The van der Waals surface area contributed by atoms with Gasteiger partial charge in [-0.1, -0.05) is 0 Å². The number of halogens is 3. The molecule has 1 N–H and O–H groups in total. The van der Waals surface area contributed by atoms with Crippen LogP contribution >= 0.6 is 0 Å². The first-order chi connectivity index (χ1) is 8.21. The number of alkyl halides is 3. The number of hydrogen-bond donors (Lipinski definition) is 1. The summed E-state index contributed by atoms with van der Waals surface area (Å²) >= 11 is 0. The zero-order valence-electron chi connectivity index (χ0n) is 10.1. The zero-order valence-corrected chi connectivity index (χ0v) is 10.1. The van der Waals surface area contributed by atoms with Crippen LogP contribution < -0.4 is 0 Å². The van der Waals surface area contributed by atoms with E-state index in [4.69, 9.17) is 5.11 Å². The molecule has 1 aromatic heterocycles. The van der Waals surface area contributed by atoms with Crippen LogP contribution in [0.1, 0.15) is 18.1 Å². The molecule has 18 heavy (non-hydrogen) atoms. The summed E-state index contributed by atoms with van der Waals surface area (Å²) in [5.41, 5.74) is -0.222. The largest absolute Gasteiger partial charge is 0.418 e.